The lowest BCUT2D eigenvalue weighted by Gasteiger charge is -2.28. The van der Waals surface area contributed by atoms with Gasteiger partial charge in [-0.1, -0.05) is 18.2 Å². The van der Waals surface area contributed by atoms with E-state index < -0.39 is 0 Å². The first kappa shape index (κ1) is 7.68. The van der Waals surface area contributed by atoms with Crippen LogP contribution in [0.4, 0.5) is 0 Å². The number of dihydropyridines is 1. The molecule has 0 saturated heterocycles. The van der Waals surface area contributed by atoms with Crippen LogP contribution in [0.25, 0.3) is 0 Å². The van der Waals surface area contributed by atoms with Crippen molar-refractivity contribution < 1.29 is 4.74 Å². The highest BCUT2D eigenvalue weighted by Crippen LogP contribution is 2.31. The number of rotatable bonds is 0. The molecular formula is C12H11NO. The monoisotopic (exact) mass is 185 g/mol. The van der Waals surface area contributed by atoms with Gasteiger partial charge in [-0.05, 0) is 30.3 Å². The maximum absolute atomic E-state index is 5.56. The molecule has 0 amide bonds. The summed E-state index contributed by atoms with van der Waals surface area (Å²) in [6.07, 6.45) is 15.2. The summed E-state index contributed by atoms with van der Waals surface area (Å²) in [6, 6.07) is 0.283. The van der Waals surface area contributed by atoms with E-state index in [9.17, 15) is 0 Å². The molecule has 0 radical (unpaired) electrons. The minimum atomic E-state index is 0.283. The van der Waals surface area contributed by atoms with Crippen LogP contribution < -0.4 is 5.32 Å². The molecule has 1 unspecified atom stereocenters. The summed E-state index contributed by atoms with van der Waals surface area (Å²) in [6.45, 7) is 0. The first-order valence-corrected chi connectivity index (χ1v) is 4.81. The molecule has 0 aromatic rings. The Balaban J connectivity index is 2.06. The summed E-state index contributed by atoms with van der Waals surface area (Å²) in [5.74, 6) is 1.02. The van der Waals surface area contributed by atoms with E-state index in [1.165, 1.54) is 11.1 Å². The van der Waals surface area contributed by atoms with E-state index in [4.69, 9.17) is 4.74 Å². The molecule has 1 N–H and O–H groups in total. The third kappa shape index (κ3) is 1.04. The van der Waals surface area contributed by atoms with Gasteiger partial charge in [0.2, 0.25) is 0 Å². The number of nitrogens with one attached hydrogen (secondary N) is 1. The van der Waals surface area contributed by atoms with Crippen LogP contribution in [0.3, 0.4) is 0 Å². The van der Waals surface area contributed by atoms with Gasteiger partial charge in [0.25, 0.3) is 0 Å². The van der Waals surface area contributed by atoms with Crippen molar-refractivity contribution in [3.63, 3.8) is 0 Å². The Bertz CT molecular complexity index is 410. The molecule has 2 heteroatoms. The van der Waals surface area contributed by atoms with Gasteiger partial charge in [-0.25, -0.2) is 0 Å². The van der Waals surface area contributed by atoms with Gasteiger partial charge in [0.05, 0.1) is 12.3 Å². The van der Waals surface area contributed by atoms with E-state index in [1.54, 1.807) is 6.26 Å². The Labute approximate surface area is 83.0 Å². The third-order valence-corrected chi connectivity index (χ3v) is 2.65. The lowest BCUT2D eigenvalue weighted by Crippen LogP contribution is -2.30. The fourth-order valence-electron chi connectivity index (χ4n) is 1.95. The molecule has 0 bridgehead atoms. The molecule has 0 saturated carbocycles. The van der Waals surface area contributed by atoms with Gasteiger partial charge in [0, 0.05) is 5.57 Å². The van der Waals surface area contributed by atoms with E-state index in [0.29, 0.717) is 0 Å². The Morgan fingerprint density at radius 2 is 2.43 bits per heavy atom. The summed E-state index contributed by atoms with van der Waals surface area (Å²) in [5.41, 5.74) is 2.50. The smallest absolute Gasteiger partial charge is 0.135 e. The minimum absolute atomic E-state index is 0.283. The van der Waals surface area contributed by atoms with E-state index in [1.807, 2.05) is 18.4 Å². The van der Waals surface area contributed by atoms with Gasteiger partial charge < -0.3 is 10.1 Å². The fourth-order valence-corrected chi connectivity index (χ4v) is 1.95. The summed E-state index contributed by atoms with van der Waals surface area (Å²) in [5, 5.41) is 3.28. The van der Waals surface area contributed by atoms with Crippen molar-refractivity contribution in [2.45, 2.75) is 12.5 Å². The number of allylic oxidation sites excluding steroid dienone is 5. The van der Waals surface area contributed by atoms with Crippen LogP contribution in [0, 0.1) is 0 Å². The molecule has 1 atom stereocenters. The Morgan fingerprint density at radius 3 is 3.43 bits per heavy atom. The Hall–Kier alpha value is -1.70. The highest BCUT2D eigenvalue weighted by Gasteiger charge is 2.24. The van der Waals surface area contributed by atoms with E-state index in [2.05, 4.69) is 23.5 Å². The van der Waals surface area contributed by atoms with Gasteiger partial charge >= 0.3 is 0 Å². The van der Waals surface area contributed by atoms with Crippen LogP contribution in [-0.4, -0.2) is 6.04 Å². The maximum Gasteiger partial charge on any atom is 0.135 e. The molecule has 3 aliphatic rings. The van der Waals surface area contributed by atoms with Crippen LogP contribution in [0.2, 0.25) is 0 Å². The maximum atomic E-state index is 5.56. The fraction of sp³-hybridized carbons (Fsp3) is 0.167. The van der Waals surface area contributed by atoms with Crippen molar-refractivity contribution in [3.8, 4) is 0 Å². The number of fused-ring (bicyclic) bond motifs is 2. The highest BCUT2D eigenvalue weighted by atomic mass is 16.5. The second-order valence-electron chi connectivity index (χ2n) is 3.53. The van der Waals surface area contributed by atoms with Crippen LogP contribution in [0.5, 0.6) is 0 Å². The summed E-state index contributed by atoms with van der Waals surface area (Å²) in [7, 11) is 0. The third-order valence-electron chi connectivity index (χ3n) is 2.65. The van der Waals surface area contributed by atoms with E-state index in [0.717, 1.165) is 12.2 Å². The van der Waals surface area contributed by atoms with Gasteiger partial charge in [-0.2, -0.15) is 0 Å². The zero-order chi connectivity index (χ0) is 9.38. The molecule has 2 aliphatic heterocycles. The molecule has 70 valence electrons. The zero-order valence-corrected chi connectivity index (χ0v) is 7.73. The molecule has 0 fully saturated rings. The van der Waals surface area contributed by atoms with Crippen LogP contribution >= 0.6 is 0 Å². The Kier molecular flexibility index (Phi) is 1.60. The first-order valence-electron chi connectivity index (χ1n) is 4.81. The largest absolute Gasteiger partial charge is 0.465 e. The first-order chi connectivity index (χ1) is 6.95. The topological polar surface area (TPSA) is 21.3 Å². The lowest BCUT2D eigenvalue weighted by molar-refractivity contribution is 0.340. The van der Waals surface area contributed by atoms with Crippen molar-refractivity contribution in [3.05, 3.63) is 59.7 Å². The number of hydrogen-bond acceptors (Lipinski definition) is 2. The van der Waals surface area contributed by atoms with Crippen LogP contribution in [0.1, 0.15) is 6.42 Å². The summed E-state index contributed by atoms with van der Waals surface area (Å²) >= 11 is 0. The van der Waals surface area contributed by atoms with E-state index >= 15 is 0 Å². The van der Waals surface area contributed by atoms with Crippen LogP contribution in [-0.2, 0) is 4.74 Å². The molecule has 1 aliphatic carbocycles. The zero-order valence-electron chi connectivity index (χ0n) is 7.73. The van der Waals surface area contributed by atoms with Crippen molar-refractivity contribution in [2.75, 3.05) is 0 Å². The van der Waals surface area contributed by atoms with Crippen molar-refractivity contribution >= 4 is 0 Å². The standard InChI is InChI=1S/C12H11NO/c1-4-10-11(13-7-1)6-5-9-3-2-8-14-12(9)10/h1-2,4-8,11,13H,3H2. The molecule has 3 rings (SSSR count). The minimum Gasteiger partial charge on any atom is -0.465 e. The Morgan fingerprint density at radius 1 is 1.43 bits per heavy atom. The van der Waals surface area contributed by atoms with Gasteiger partial charge in [-0.15, -0.1) is 0 Å². The predicted molar refractivity (Wildman–Crippen MR) is 55.2 cm³/mol. The molecule has 2 heterocycles. The molecule has 0 spiro atoms. The van der Waals surface area contributed by atoms with Gasteiger partial charge in [-0.3, -0.25) is 0 Å². The van der Waals surface area contributed by atoms with Crippen molar-refractivity contribution in [2.24, 2.45) is 0 Å². The van der Waals surface area contributed by atoms with Crippen molar-refractivity contribution in [1.82, 2.24) is 5.32 Å². The second-order valence-corrected chi connectivity index (χ2v) is 3.53. The quantitative estimate of drug-likeness (QED) is 0.624. The summed E-state index contributed by atoms with van der Waals surface area (Å²) in [4.78, 5) is 0. The average Bonchev–Trinajstić information content (AvgIpc) is 2.29. The summed E-state index contributed by atoms with van der Waals surface area (Å²) < 4.78 is 5.56. The highest BCUT2D eigenvalue weighted by molar-refractivity contribution is 5.50. The number of ether oxygens (including phenoxy) is 1. The average molecular weight is 185 g/mol. The molecule has 0 aromatic heterocycles. The molecular weight excluding hydrogens is 174 g/mol. The molecule has 2 nitrogen and oxygen atoms in total. The molecule has 0 aromatic carbocycles. The number of hydrogen-bond donors (Lipinski definition) is 1. The predicted octanol–water partition coefficient (Wildman–Crippen LogP) is 2.16. The van der Waals surface area contributed by atoms with Crippen molar-refractivity contribution in [1.29, 1.82) is 0 Å². The van der Waals surface area contributed by atoms with Gasteiger partial charge in [0.1, 0.15) is 5.76 Å². The second kappa shape index (κ2) is 2.91. The molecule has 14 heavy (non-hydrogen) atoms. The van der Waals surface area contributed by atoms with E-state index in [-0.39, 0.29) is 6.04 Å². The van der Waals surface area contributed by atoms with Crippen LogP contribution in [0.15, 0.2) is 59.7 Å². The lowest BCUT2D eigenvalue weighted by atomic mass is 9.91. The normalized spacial score (nSPS) is 27.4. The van der Waals surface area contributed by atoms with Gasteiger partial charge in [0.15, 0.2) is 0 Å². The SMILES string of the molecule is C1=CNC2C=CC3=C(OC=CC3)C2=C1.